The molecule has 0 spiro atoms. The monoisotopic (exact) mass is 311 g/mol. The summed E-state index contributed by atoms with van der Waals surface area (Å²) in [4.78, 5) is 14.7. The normalized spacial score (nSPS) is 16.5. The van der Waals surface area contributed by atoms with E-state index in [0.717, 1.165) is 12.7 Å². The van der Waals surface area contributed by atoms with Gasteiger partial charge in [0.1, 0.15) is 0 Å². The van der Waals surface area contributed by atoms with Gasteiger partial charge in [-0.2, -0.15) is 4.99 Å². The Hall–Kier alpha value is -1.85. The molecule has 0 aliphatic heterocycles. The van der Waals surface area contributed by atoms with Crippen LogP contribution in [0.3, 0.4) is 0 Å². The molecule has 1 aliphatic carbocycles. The minimum atomic E-state index is -3.49. The molecule has 2 rings (SSSR count). The Morgan fingerprint density at radius 2 is 1.76 bits per heavy atom. The number of hydrogen-bond acceptors (Lipinski definition) is 6. The Balaban J connectivity index is 2.77. The molecule has 0 N–H and O–H groups in total. The third-order valence-corrected chi connectivity index (χ3v) is 4.96. The third kappa shape index (κ3) is 2.66. The predicted octanol–water partition coefficient (Wildman–Crippen LogP) is 1.82. The van der Waals surface area contributed by atoms with Crippen molar-refractivity contribution < 1.29 is 22.7 Å². The van der Waals surface area contributed by atoms with Crippen molar-refractivity contribution in [2.24, 2.45) is 4.99 Å². The summed E-state index contributed by atoms with van der Waals surface area (Å²) in [5, 5.41) is 0. The van der Waals surface area contributed by atoms with Crippen molar-refractivity contribution in [2.75, 3.05) is 20.5 Å². The first kappa shape index (κ1) is 15.5. The SMILES string of the molecule is COc1cc(C2(N=C=O)CCC2)c(S(C)(=O)=O)cc1OC. The van der Waals surface area contributed by atoms with Crippen molar-refractivity contribution >= 4 is 15.9 Å². The van der Waals surface area contributed by atoms with Gasteiger partial charge in [-0.1, -0.05) is 0 Å². The molecule has 1 aliphatic rings. The van der Waals surface area contributed by atoms with Gasteiger partial charge in [0.25, 0.3) is 0 Å². The molecule has 1 saturated carbocycles. The lowest BCUT2D eigenvalue weighted by Crippen LogP contribution is -2.33. The Labute approximate surface area is 123 Å². The molecule has 7 heteroatoms. The van der Waals surface area contributed by atoms with Crippen molar-refractivity contribution in [3.05, 3.63) is 17.7 Å². The lowest BCUT2D eigenvalue weighted by molar-refractivity contribution is 0.249. The molecule has 0 heterocycles. The highest BCUT2D eigenvalue weighted by molar-refractivity contribution is 7.90. The van der Waals surface area contributed by atoms with Crippen LogP contribution in [0.4, 0.5) is 0 Å². The molecule has 6 nitrogen and oxygen atoms in total. The molecule has 0 atom stereocenters. The van der Waals surface area contributed by atoms with E-state index < -0.39 is 15.4 Å². The van der Waals surface area contributed by atoms with Gasteiger partial charge in [-0.3, -0.25) is 0 Å². The molecule has 1 aromatic rings. The highest BCUT2D eigenvalue weighted by Gasteiger charge is 2.42. The summed E-state index contributed by atoms with van der Waals surface area (Å²) in [6.07, 6.45) is 4.78. The largest absolute Gasteiger partial charge is 0.493 e. The molecule has 1 aromatic carbocycles. The number of isocyanates is 1. The number of hydrogen-bond donors (Lipinski definition) is 0. The number of ether oxygens (including phenoxy) is 2. The van der Waals surface area contributed by atoms with E-state index in [1.54, 1.807) is 12.1 Å². The zero-order valence-corrected chi connectivity index (χ0v) is 13.0. The number of methoxy groups -OCH3 is 2. The lowest BCUT2D eigenvalue weighted by Gasteiger charge is -2.38. The summed E-state index contributed by atoms with van der Waals surface area (Å²) in [6.45, 7) is 0. The van der Waals surface area contributed by atoms with E-state index in [1.807, 2.05) is 0 Å². The number of benzene rings is 1. The predicted molar refractivity (Wildman–Crippen MR) is 76.3 cm³/mol. The fourth-order valence-electron chi connectivity index (χ4n) is 2.57. The average molecular weight is 311 g/mol. The molecular weight excluding hydrogens is 294 g/mol. The summed E-state index contributed by atoms with van der Waals surface area (Å²) in [6, 6.07) is 3.01. The van der Waals surface area contributed by atoms with E-state index in [9.17, 15) is 13.2 Å². The number of carbonyl (C=O) groups excluding carboxylic acids is 1. The fourth-order valence-corrected chi connectivity index (χ4v) is 3.54. The molecule has 0 saturated heterocycles. The molecule has 0 amide bonds. The van der Waals surface area contributed by atoms with E-state index >= 15 is 0 Å². The summed E-state index contributed by atoms with van der Waals surface area (Å²) in [5.41, 5.74) is -0.350. The quantitative estimate of drug-likeness (QED) is 0.612. The average Bonchev–Trinajstić information content (AvgIpc) is 2.40. The van der Waals surface area contributed by atoms with Crippen molar-refractivity contribution in [2.45, 2.75) is 29.7 Å². The standard InChI is InChI=1S/C14H17NO5S/c1-19-11-7-10(14(15-9-16)5-4-6-14)13(21(3,17)18)8-12(11)20-2/h7-8H,4-6H2,1-3H3. The van der Waals surface area contributed by atoms with E-state index in [0.29, 0.717) is 29.9 Å². The van der Waals surface area contributed by atoms with Crippen LogP contribution in [0.25, 0.3) is 0 Å². The van der Waals surface area contributed by atoms with E-state index in [2.05, 4.69) is 4.99 Å². The van der Waals surface area contributed by atoms with Crippen LogP contribution in [0.15, 0.2) is 22.0 Å². The van der Waals surface area contributed by atoms with Crippen LogP contribution in [0.5, 0.6) is 11.5 Å². The van der Waals surface area contributed by atoms with Gasteiger partial charge in [-0.15, -0.1) is 0 Å². The molecule has 0 radical (unpaired) electrons. The van der Waals surface area contributed by atoms with Crippen molar-refractivity contribution in [1.29, 1.82) is 0 Å². The highest BCUT2D eigenvalue weighted by Crippen LogP contribution is 2.49. The van der Waals surface area contributed by atoms with Crippen LogP contribution < -0.4 is 9.47 Å². The Morgan fingerprint density at radius 1 is 1.19 bits per heavy atom. The molecule has 0 bridgehead atoms. The molecule has 0 aromatic heterocycles. The number of nitrogens with zero attached hydrogens (tertiary/aromatic N) is 1. The molecule has 114 valence electrons. The van der Waals surface area contributed by atoms with E-state index in [1.165, 1.54) is 20.3 Å². The Bertz CT molecular complexity index is 700. The van der Waals surface area contributed by atoms with Crippen molar-refractivity contribution in [3.63, 3.8) is 0 Å². The first-order valence-corrected chi connectivity index (χ1v) is 8.33. The second-order valence-corrected chi connectivity index (χ2v) is 7.05. The van der Waals surface area contributed by atoms with Crippen LogP contribution in [0.2, 0.25) is 0 Å². The zero-order chi connectivity index (χ0) is 15.7. The van der Waals surface area contributed by atoms with Gasteiger partial charge in [0.15, 0.2) is 21.3 Å². The van der Waals surface area contributed by atoms with Crippen LogP contribution in [0, 0.1) is 0 Å². The lowest BCUT2D eigenvalue weighted by atomic mass is 9.72. The van der Waals surface area contributed by atoms with Crippen LogP contribution in [0.1, 0.15) is 24.8 Å². The summed E-state index contributed by atoms with van der Waals surface area (Å²) >= 11 is 0. The summed E-state index contributed by atoms with van der Waals surface area (Å²) in [5.74, 6) is 0.735. The minimum absolute atomic E-state index is 0.110. The minimum Gasteiger partial charge on any atom is -0.493 e. The summed E-state index contributed by atoms with van der Waals surface area (Å²) < 4.78 is 34.5. The highest BCUT2D eigenvalue weighted by atomic mass is 32.2. The molecule has 1 fully saturated rings. The fraction of sp³-hybridized carbons (Fsp3) is 0.500. The van der Waals surface area contributed by atoms with Crippen LogP contribution >= 0.6 is 0 Å². The van der Waals surface area contributed by atoms with Crippen LogP contribution in [-0.2, 0) is 20.2 Å². The first-order valence-electron chi connectivity index (χ1n) is 6.43. The van der Waals surface area contributed by atoms with Gasteiger partial charge in [0, 0.05) is 17.9 Å². The van der Waals surface area contributed by atoms with Crippen molar-refractivity contribution in [3.8, 4) is 11.5 Å². The maximum absolute atomic E-state index is 12.1. The van der Waals surface area contributed by atoms with Gasteiger partial charge < -0.3 is 9.47 Å². The topological polar surface area (TPSA) is 82.0 Å². The molecule has 0 unspecified atom stereocenters. The smallest absolute Gasteiger partial charge is 0.235 e. The molecular formula is C14H17NO5S. The van der Waals surface area contributed by atoms with Crippen LogP contribution in [-0.4, -0.2) is 35.0 Å². The van der Waals surface area contributed by atoms with E-state index in [-0.39, 0.29) is 4.90 Å². The van der Waals surface area contributed by atoms with Gasteiger partial charge >= 0.3 is 0 Å². The number of sulfone groups is 1. The van der Waals surface area contributed by atoms with Gasteiger partial charge in [-0.05, 0) is 25.3 Å². The molecule has 21 heavy (non-hydrogen) atoms. The zero-order valence-electron chi connectivity index (χ0n) is 12.2. The van der Waals surface area contributed by atoms with Gasteiger partial charge in [-0.25, -0.2) is 13.2 Å². The first-order chi connectivity index (χ1) is 9.88. The second kappa shape index (κ2) is 5.50. The number of aliphatic imine (C=N–C) groups is 1. The second-order valence-electron chi connectivity index (χ2n) is 5.06. The van der Waals surface area contributed by atoms with Gasteiger partial charge in [0.05, 0.1) is 24.7 Å². The number of rotatable bonds is 5. The van der Waals surface area contributed by atoms with Gasteiger partial charge in [0.2, 0.25) is 6.08 Å². The third-order valence-electron chi connectivity index (χ3n) is 3.83. The summed E-state index contributed by atoms with van der Waals surface area (Å²) in [7, 11) is -0.587. The van der Waals surface area contributed by atoms with E-state index in [4.69, 9.17) is 9.47 Å². The maximum atomic E-state index is 12.1. The maximum Gasteiger partial charge on any atom is 0.235 e. The Kier molecular flexibility index (Phi) is 4.07. The Morgan fingerprint density at radius 3 is 2.14 bits per heavy atom. The van der Waals surface area contributed by atoms with Crippen molar-refractivity contribution in [1.82, 2.24) is 0 Å².